The molecule has 1 unspecified atom stereocenters. The predicted octanol–water partition coefficient (Wildman–Crippen LogP) is 3.70. The van der Waals surface area contributed by atoms with Crippen LogP contribution in [-0.4, -0.2) is 46.3 Å². The van der Waals surface area contributed by atoms with Crippen LogP contribution in [0.15, 0.2) is 47.0 Å². The van der Waals surface area contributed by atoms with Crippen LogP contribution in [0.5, 0.6) is 5.75 Å². The summed E-state index contributed by atoms with van der Waals surface area (Å²) in [5, 5.41) is 16.7. The van der Waals surface area contributed by atoms with Crippen LogP contribution in [0.1, 0.15) is 37.0 Å². The maximum absolute atomic E-state index is 12.7. The fraction of sp³-hybridized carbons (Fsp3) is 0.308. The number of rotatable bonds is 5. The van der Waals surface area contributed by atoms with Crippen LogP contribution < -0.4 is 15.8 Å². The molecule has 1 aliphatic heterocycles. The van der Waals surface area contributed by atoms with Gasteiger partial charge < -0.3 is 25.2 Å². The molecule has 1 saturated heterocycles. The van der Waals surface area contributed by atoms with E-state index in [1.165, 1.54) is 0 Å². The maximum atomic E-state index is 12.7. The number of nitriles is 1. The van der Waals surface area contributed by atoms with E-state index in [0.717, 1.165) is 28.8 Å². The van der Waals surface area contributed by atoms with Crippen molar-refractivity contribution in [1.29, 1.82) is 5.26 Å². The number of ether oxygens (including phenoxy) is 1. The van der Waals surface area contributed by atoms with Crippen molar-refractivity contribution in [3.05, 3.63) is 59.2 Å². The van der Waals surface area contributed by atoms with E-state index < -0.39 is 0 Å². The van der Waals surface area contributed by atoms with Gasteiger partial charge in [-0.2, -0.15) is 10.2 Å². The average molecular weight is 471 g/mol. The fourth-order valence-corrected chi connectivity index (χ4v) is 4.42. The van der Waals surface area contributed by atoms with E-state index in [1.807, 2.05) is 38.1 Å². The summed E-state index contributed by atoms with van der Waals surface area (Å²) in [6.45, 7) is 5.04. The summed E-state index contributed by atoms with van der Waals surface area (Å²) in [5.74, 6) is 1.28. The highest BCUT2D eigenvalue weighted by atomic mass is 16.5. The van der Waals surface area contributed by atoms with Gasteiger partial charge in [-0.25, -0.2) is 4.79 Å². The third kappa shape index (κ3) is 4.48. The molecule has 9 nitrogen and oxygen atoms in total. The second-order valence-corrected chi connectivity index (χ2v) is 8.99. The smallest absolute Gasteiger partial charge is 0.321 e. The molecule has 0 saturated carbocycles. The van der Waals surface area contributed by atoms with E-state index in [4.69, 9.17) is 15.0 Å². The minimum absolute atomic E-state index is 0.0350. The molecule has 9 heteroatoms. The molecule has 1 atom stereocenters. The van der Waals surface area contributed by atoms with Gasteiger partial charge in [-0.05, 0) is 50.5 Å². The Hall–Kier alpha value is -4.16. The van der Waals surface area contributed by atoms with Crippen LogP contribution in [0.2, 0.25) is 0 Å². The number of nitrogens with one attached hydrogen (secondary N) is 1. The molecular formula is C26H26N6O3. The van der Waals surface area contributed by atoms with Gasteiger partial charge >= 0.3 is 6.03 Å². The summed E-state index contributed by atoms with van der Waals surface area (Å²) in [6, 6.07) is 13.1. The number of likely N-dealkylation sites (tertiary alicyclic amines) is 1. The largest absolute Gasteiger partial charge is 0.490 e. The van der Waals surface area contributed by atoms with Crippen molar-refractivity contribution in [2.24, 2.45) is 5.73 Å². The summed E-state index contributed by atoms with van der Waals surface area (Å²) < 4.78 is 11.2. The van der Waals surface area contributed by atoms with Crippen LogP contribution >= 0.6 is 0 Å². The van der Waals surface area contributed by atoms with E-state index in [1.54, 1.807) is 23.1 Å². The number of aromatic nitrogens is 2. The van der Waals surface area contributed by atoms with Crippen LogP contribution in [0.25, 0.3) is 28.5 Å². The molecule has 3 N–H and O–H groups in total. The lowest BCUT2D eigenvalue weighted by molar-refractivity contribution is 0.213. The normalized spacial score (nSPS) is 16.7. The maximum Gasteiger partial charge on any atom is 0.321 e. The van der Waals surface area contributed by atoms with Crippen molar-refractivity contribution in [1.82, 2.24) is 20.4 Å². The van der Waals surface area contributed by atoms with Gasteiger partial charge in [0.15, 0.2) is 0 Å². The van der Waals surface area contributed by atoms with E-state index in [-0.39, 0.29) is 18.2 Å². The standard InChI is InChI=1S/C26H26N6O3/c1-15(2)34-23-9-6-16(12-17(23)13-27)25-30-24(31-35-25)21-5-3-4-20-19(21)7-8-22(20)29-26(33)32-11-10-18(28)14-32/h3-6,8-9,12,15,18H,7,10-11,14,28H2,1-2H3,(H,29,33). The Morgan fingerprint density at radius 2 is 2.14 bits per heavy atom. The molecule has 2 aliphatic rings. The summed E-state index contributed by atoms with van der Waals surface area (Å²) in [5.41, 5.74) is 10.5. The highest BCUT2D eigenvalue weighted by molar-refractivity contribution is 5.89. The Morgan fingerprint density at radius 3 is 2.89 bits per heavy atom. The first-order chi connectivity index (χ1) is 16.9. The Bertz CT molecular complexity index is 1350. The number of nitrogens with two attached hydrogens (primary N) is 1. The first-order valence-corrected chi connectivity index (χ1v) is 11.6. The van der Waals surface area contributed by atoms with Crippen molar-refractivity contribution in [3.8, 4) is 34.7 Å². The predicted molar refractivity (Wildman–Crippen MR) is 130 cm³/mol. The molecule has 2 heterocycles. The number of hydrogen-bond donors (Lipinski definition) is 2. The molecule has 0 bridgehead atoms. The number of benzene rings is 2. The second kappa shape index (κ2) is 9.24. The van der Waals surface area contributed by atoms with Crippen molar-refractivity contribution in [2.45, 2.75) is 38.8 Å². The lowest BCUT2D eigenvalue weighted by Crippen LogP contribution is -2.38. The number of amides is 2. The second-order valence-electron chi connectivity index (χ2n) is 8.99. The van der Waals surface area contributed by atoms with Crippen molar-refractivity contribution >= 4 is 11.7 Å². The van der Waals surface area contributed by atoms with Crippen LogP contribution in [0, 0.1) is 11.3 Å². The number of nitrogens with zero attached hydrogens (tertiary/aromatic N) is 4. The van der Waals surface area contributed by atoms with Gasteiger partial charge in [0.05, 0.1) is 11.7 Å². The number of fused-ring (bicyclic) bond motifs is 1. The molecule has 0 radical (unpaired) electrons. The zero-order valence-electron chi connectivity index (χ0n) is 19.6. The van der Waals surface area contributed by atoms with Gasteiger partial charge in [0.25, 0.3) is 5.89 Å². The monoisotopic (exact) mass is 470 g/mol. The molecule has 1 aliphatic carbocycles. The molecule has 2 aromatic carbocycles. The van der Waals surface area contributed by atoms with E-state index in [0.29, 0.717) is 48.1 Å². The van der Waals surface area contributed by atoms with Gasteiger partial charge in [-0.15, -0.1) is 0 Å². The van der Waals surface area contributed by atoms with Crippen LogP contribution in [0.4, 0.5) is 4.79 Å². The molecule has 3 aromatic rings. The van der Waals surface area contributed by atoms with Gasteiger partial charge in [-0.1, -0.05) is 29.4 Å². The third-order valence-corrected chi connectivity index (χ3v) is 6.11. The van der Waals surface area contributed by atoms with Crippen molar-refractivity contribution in [3.63, 3.8) is 0 Å². The SMILES string of the molecule is CC(C)Oc1ccc(-c2nc(-c3cccc4c3CC=C4NC(=O)N3CCC(N)C3)no2)cc1C#N. The quantitative estimate of drug-likeness (QED) is 0.581. The topological polar surface area (TPSA) is 130 Å². The zero-order chi connectivity index (χ0) is 24.5. The summed E-state index contributed by atoms with van der Waals surface area (Å²) >= 11 is 0. The Balaban J connectivity index is 1.38. The molecule has 1 fully saturated rings. The minimum atomic E-state index is -0.137. The molecule has 1 aromatic heterocycles. The van der Waals surface area contributed by atoms with E-state index in [2.05, 4.69) is 21.5 Å². The number of urea groups is 1. The molecule has 178 valence electrons. The molecular weight excluding hydrogens is 444 g/mol. The summed E-state index contributed by atoms with van der Waals surface area (Å²) in [4.78, 5) is 19.0. The summed E-state index contributed by atoms with van der Waals surface area (Å²) in [6.07, 6.45) is 3.41. The molecule has 35 heavy (non-hydrogen) atoms. The molecule has 0 spiro atoms. The Morgan fingerprint density at radius 1 is 1.31 bits per heavy atom. The van der Waals surface area contributed by atoms with Crippen molar-refractivity contribution in [2.75, 3.05) is 13.1 Å². The average Bonchev–Trinajstić information content (AvgIpc) is 3.59. The minimum Gasteiger partial charge on any atom is -0.490 e. The van der Waals surface area contributed by atoms with Gasteiger partial charge in [0, 0.05) is 41.5 Å². The number of carbonyl (C=O) groups is 1. The molecule has 2 amide bonds. The third-order valence-electron chi connectivity index (χ3n) is 6.11. The Labute approximate surface area is 203 Å². The van der Waals surface area contributed by atoms with Crippen molar-refractivity contribution < 1.29 is 14.1 Å². The van der Waals surface area contributed by atoms with Gasteiger partial charge in [0.2, 0.25) is 5.82 Å². The molecule has 5 rings (SSSR count). The van der Waals surface area contributed by atoms with Crippen LogP contribution in [0.3, 0.4) is 0 Å². The Kier molecular flexibility index (Phi) is 5.97. The van der Waals surface area contributed by atoms with Gasteiger partial charge in [-0.3, -0.25) is 0 Å². The lowest BCUT2D eigenvalue weighted by atomic mass is 10.0. The van der Waals surface area contributed by atoms with E-state index in [9.17, 15) is 10.1 Å². The van der Waals surface area contributed by atoms with Crippen LogP contribution in [-0.2, 0) is 6.42 Å². The number of hydrogen-bond acceptors (Lipinski definition) is 7. The first kappa shape index (κ1) is 22.6. The highest BCUT2D eigenvalue weighted by Crippen LogP contribution is 2.34. The zero-order valence-corrected chi connectivity index (χ0v) is 19.6. The number of allylic oxidation sites excluding steroid dienone is 1. The lowest BCUT2D eigenvalue weighted by Gasteiger charge is -2.18. The highest BCUT2D eigenvalue weighted by Gasteiger charge is 2.27. The fourth-order valence-electron chi connectivity index (χ4n) is 4.42. The van der Waals surface area contributed by atoms with E-state index >= 15 is 0 Å². The first-order valence-electron chi connectivity index (χ1n) is 11.6. The summed E-state index contributed by atoms with van der Waals surface area (Å²) in [7, 11) is 0. The van der Waals surface area contributed by atoms with Gasteiger partial charge in [0.1, 0.15) is 11.8 Å². The number of carbonyl (C=O) groups excluding carboxylic acids is 1.